The molecule has 25 heavy (non-hydrogen) atoms. The number of rotatable bonds is 2. The van der Waals surface area contributed by atoms with Gasteiger partial charge in [-0.15, -0.1) is 0 Å². The summed E-state index contributed by atoms with van der Waals surface area (Å²) < 4.78 is 26.8. The SMILES string of the molecule is O=C(c1ccc(F)cc1F)N1CCN(c2ncnc3nc[nH]c23)CC1. The van der Waals surface area contributed by atoms with Crippen LogP contribution in [0.4, 0.5) is 14.6 Å². The molecule has 3 aromatic rings. The van der Waals surface area contributed by atoms with Crippen LogP contribution in [0.2, 0.25) is 0 Å². The second-order valence-corrected chi connectivity index (χ2v) is 5.70. The summed E-state index contributed by atoms with van der Waals surface area (Å²) in [4.78, 5) is 31.5. The largest absolute Gasteiger partial charge is 0.351 e. The molecule has 0 aliphatic carbocycles. The lowest BCUT2D eigenvalue weighted by Gasteiger charge is -2.35. The van der Waals surface area contributed by atoms with E-state index < -0.39 is 17.5 Å². The average Bonchev–Trinajstić information content (AvgIpc) is 3.10. The second-order valence-electron chi connectivity index (χ2n) is 5.70. The molecule has 0 unspecified atom stereocenters. The van der Waals surface area contributed by atoms with Gasteiger partial charge in [-0.2, -0.15) is 0 Å². The third-order valence-corrected chi connectivity index (χ3v) is 4.23. The number of H-pyrrole nitrogens is 1. The fourth-order valence-electron chi connectivity index (χ4n) is 2.95. The van der Waals surface area contributed by atoms with E-state index in [9.17, 15) is 13.6 Å². The molecule has 4 rings (SSSR count). The van der Waals surface area contributed by atoms with Crippen molar-refractivity contribution < 1.29 is 13.6 Å². The third kappa shape index (κ3) is 2.77. The van der Waals surface area contributed by atoms with E-state index in [4.69, 9.17) is 0 Å². The Hall–Kier alpha value is -3.10. The van der Waals surface area contributed by atoms with E-state index in [0.717, 1.165) is 23.5 Å². The predicted octanol–water partition coefficient (Wildman–Crippen LogP) is 1.59. The number of hydrogen-bond donors (Lipinski definition) is 1. The minimum atomic E-state index is -0.845. The minimum Gasteiger partial charge on any atom is -0.351 e. The van der Waals surface area contributed by atoms with Gasteiger partial charge in [-0.3, -0.25) is 4.79 Å². The lowest BCUT2D eigenvalue weighted by Crippen LogP contribution is -2.49. The van der Waals surface area contributed by atoms with Crippen LogP contribution in [0.25, 0.3) is 11.2 Å². The molecular weight excluding hydrogens is 330 g/mol. The van der Waals surface area contributed by atoms with Gasteiger partial charge < -0.3 is 14.8 Å². The van der Waals surface area contributed by atoms with Crippen molar-refractivity contribution >= 4 is 22.9 Å². The van der Waals surface area contributed by atoms with Gasteiger partial charge in [0.1, 0.15) is 23.5 Å². The number of benzene rings is 1. The fraction of sp³-hybridized carbons (Fsp3) is 0.250. The highest BCUT2D eigenvalue weighted by Crippen LogP contribution is 2.21. The van der Waals surface area contributed by atoms with E-state index in [2.05, 4.69) is 19.9 Å². The zero-order chi connectivity index (χ0) is 17.4. The first-order valence-corrected chi connectivity index (χ1v) is 7.77. The van der Waals surface area contributed by atoms with E-state index in [1.165, 1.54) is 12.4 Å². The van der Waals surface area contributed by atoms with Gasteiger partial charge in [0.2, 0.25) is 0 Å². The van der Waals surface area contributed by atoms with Gasteiger partial charge in [-0.05, 0) is 12.1 Å². The Bertz CT molecular complexity index is 935. The summed E-state index contributed by atoms with van der Waals surface area (Å²) in [5.74, 6) is -1.26. The number of amides is 1. The summed E-state index contributed by atoms with van der Waals surface area (Å²) in [6.45, 7) is 1.91. The number of aromatic amines is 1. The van der Waals surface area contributed by atoms with Gasteiger partial charge in [0.15, 0.2) is 11.5 Å². The van der Waals surface area contributed by atoms with Crippen molar-refractivity contribution in [3.63, 3.8) is 0 Å². The number of piperazine rings is 1. The van der Waals surface area contributed by atoms with E-state index in [1.54, 1.807) is 11.2 Å². The Balaban J connectivity index is 1.50. The van der Waals surface area contributed by atoms with Crippen molar-refractivity contribution in [2.24, 2.45) is 0 Å². The maximum absolute atomic E-state index is 13.8. The topological polar surface area (TPSA) is 78.0 Å². The number of halogens is 2. The first-order valence-electron chi connectivity index (χ1n) is 7.77. The Morgan fingerprint density at radius 2 is 1.88 bits per heavy atom. The highest BCUT2D eigenvalue weighted by molar-refractivity contribution is 5.94. The monoisotopic (exact) mass is 344 g/mol. The maximum atomic E-state index is 13.8. The summed E-state index contributed by atoms with van der Waals surface area (Å²) in [5.41, 5.74) is 1.21. The molecule has 0 saturated carbocycles. The van der Waals surface area contributed by atoms with Crippen molar-refractivity contribution in [2.75, 3.05) is 31.1 Å². The smallest absolute Gasteiger partial charge is 0.256 e. The zero-order valence-electron chi connectivity index (χ0n) is 13.1. The van der Waals surface area contributed by atoms with Crippen molar-refractivity contribution in [3.05, 3.63) is 48.1 Å². The number of fused-ring (bicyclic) bond motifs is 1. The summed E-state index contributed by atoms with van der Waals surface area (Å²) >= 11 is 0. The molecule has 3 heterocycles. The normalized spacial score (nSPS) is 15.0. The van der Waals surface area contributed by atoms with E-state index in [1.807, 2.05) is 4.90 Å². The molecule has 2 aromatic heterocycles. The molecule has 1 aromatic carbocycles. The molecule has 1 saturated heterocycles. The van der Waals surface area contributed by atoms with Crippen LogP contribution < -0.4 is 4.90 Å². The molecule has 1 N–H and O–H groups in total. The number of aromatic nitrogens is 4. The highest BCUT2D eigenvalue weighted by Gasteiger charge is 2.26. The number of imidazole rings is 1. The van der Waals surface area contributed by atoms with Crippen molar-refractivity contribution in [1.82, 2.24) is 24.8 Å². The average molecular weight is 344 g/mol. The Labute approximate surface area is 141 Å². The first kappa shape index (κ1) is 15.4. The molecule has 7 nitrogen and oxygen atoms in total. The molecule has 0 atom stereocenters. The zero-order valence-corrected chi connectivity index (χ0v) is 13.1. The molecule has 9 heteroatoms. The standard InChI is InChI=1S/C16H14F2N6O/c17-10-1-2-11(12(18)7-10)16(25)24-5-3-23(4-6-24)15-13-14(20-8-19-13)21-9-22-15/h1-2,7-9H,3-6H2,(H,19,20,21,22). The molecule has 0 spiro atoms. The van der Waals surface area contributed by atoms with Crippen molar-refractivity contribution in [2.45, 2.75) is 0 Å². The second kappa shape index (κ2) is 6.08. The van der Waals surface area contributed by atoms with E-state index in [-0.39, 0.29) is 5.56 Å². The lowest BCUT2D eigenvalue weighted by molar-refractivity contribution is 0.0742. The van der Waals surface area contributed by atoms with Gasteiger partial charge in [0.05, 0.1) is 11.9 Å². The number of anilines is 1. The predicted molar refractivity (Wildman–Crippen MR) is 86.2 cm³/mol. The van der Waals surface area contributed by atoms with Gasteiger partial charge >= 0.3 is 0 Å². The fourth-order valence-corrected chi connectivity index (χ4v) is 2.95. The van der Waals surface area contributed by atoms with Crippen LogP contribution in [0.5, 0.6) is 0 Å². The first-order chi connectivity index (χ1) is 12.1. The Morgan fingerprint density at radius 3 is 2.64 bits per heavy atom. The van der Waals surface area contributed by atoms with Crippen LogP contribution in [-0.2, 0) is 0 Å². The number of carbonyl (C=O) groups excluding carboxylic acids is 1. The number of nitrogens with one attached hydrogen (secondary N) is 1. The Kier molecular flexibility index (Phi) is 3.75. The van der Waals surface area contributed by atoms with Crippen LogP contribution in [0, 0.1) is 11.6 Å². The summed E-state index contributed by atoms with van der Waals surface area (Å²) in [6.07, 6.45) is 3.00. The molecular formula is C16H14F2N6O. The quantitative estimate of drug-likeness (QED) is 0.764. The van der Waals surface area contributed by atoms with Gasteiger partial charge in [-0.1, -0.05) is 0 Å². The minimum absolute atomic E-state index is 0.118. The highest BCUT2D eigenvalue weighted by atomic mass is 19.1. The van der Waals surface area contributed by atoms with Crippen molar-refractivity contribution in [1.29, 1.82) is 0 Å². The molecule has 1 aliphatic rings. The summed E-state index contributed by atoms with van der Waals surface area (Å²) in [5, 5.41) is 0. The maximum Gasteiger partial charge on any atom is 0.256 e. The summed E-state index contributed by atoms with van der Waals surface area (Å²) in [7, 11) is 0. The lowest BCUT2D eigenvalue weighted by atomic mass is 10.1. The molecule has 0 bridgehead atoms. The van der Waals surface area contributed by atoms with Crippen LogP contribution in [-0.4, -0.2) is 56.9 Å². The third-order valence-electron chi connectivity index (χ3n) is 4.23. The van der Waals surface area contributed by atoms with E-state index in [0.29, 0.717) is 31.8 Å². The van der Waals surface area contributed by atoms with Crippen LogP contribution in [0.3, 0.4) is 0 Å². The Morgan fingerprint density at radius 1 is 1.08 bits per heavy atom. The number of nitrogens with zero attached hydrogens (tertiary/aromatic N) is 5. The number of carbonyl (C=O) groups is 1. The van der Waals surface area contributed by atoms with Gasteiger partial charge in [-0.25, -0.2) is 23.7 Å². The molecule has 0 radical (unpaired) electrons. The van der Waals surface area contributed by atoms with Gasteiger partial charge in [0.25, 0.3) is 5.91 Å². The van der Waals surface area contributed by atoms with Crippen LogP contribution in [0.15, 0.2) is 30.9 Å². The van der Waals surface area contributed by atoms with Crippen LogP contribution in [0.1, 0.15) is 10.4 Å². The van der Waals surface area contributed by atoms with Gasteiger partial charge in [0, 0.05) is 32.2 Å². The molecule has 1 fully saturated rings. The molecule has 1 aliphatic heterocycles. The van der Waals surface area contributed by atoms with Crippen molar-refractivity contribution in [3.8, 4) is 0 Å². The molecule has 128 valence electrons. The molecule has 1 amide bonds. The summed E-state index contributed by atoms with van der Waals surface area (Å²) in [6, 6.07) is 2.99. The number of hydrogen-bond acceptors (Lipinski definition) is 5. The van der Waals surface area contributed by atoms with Crippen LogP contribution >= 0.6 is 0 Å². The van der Waals surface area contributed by atoms with E-state index >= 15 is 0 Å².